The highest BCUT2D eigenvalue weighted by Gasteiger charge is 2.31. The second-order valence-corrected chi connectivity index (χ2v) is 6.41. The highest BCUT2D eigenvalue weighted by atomic mass is 35.5. The molecule has 2 aromatic rings. The first-order valence-corrected chi connectivity index (χ1v) is 8.41. The first-order chi connectivity index (χ1) is 12.0. The number of nitrogens with one attached hydrogen (secondary N) is 1. The van der Waals surface area contributed by atoms with Crippen LogP contribution in [-0.2, 0) is 16.0 Å². The zero-order valence-corrected chi connectivity index (χ0v) is 14.6. The third-order valence-electron chi connectivity index (χ3n) is 4.15. The number of methoxy groups -OCH3 is 1. The number of rotatable bonds is 5. The summed E-state index contributed by atoms with van der Waals surface area (Å²) < 4.78 is 5.10. The lowest BCUT2D eigenvalue weighted by Crippen LogP contribution is -2.38. The van der Waals surface area contributed by atoms with Gasteiger partial charge in [-0.2, -0.15) is 0 Å². The topological polar surface area (TPSA) is 58.6 Å². The number of amides is 2. The number of carbonyl (C=O) groups is 2. The van der Waals surface area contributed by atoms with Gasteiger partial charge in [-0.15, -0.1) is 0 Å². The lowest BCUT2D eigenvalue weighted by Gasteiger charge is -2.17. The average molecular weight is 359 g/mol. The molecule has 25 heavy (non-hydrogen) atoms. The lowest BCUT2D eigenvalue weighted by atomic mass is 10.1. The minimum atomic E-state index is -0.186. The predicted octanol–water partition coefficient (Wildman–Crippen LogP) is 2.81. The van der Waals surface area contributed by atoms with E-state index in [-0.39, 0.29) is 24.3 Å². The first-order valence-electron chi connectivity index (χ1n) is 8.03. The fraction of sp³-hybridized carbons (Fsp3) is 0.263. The Bertz CT molecular complexity index is 759. The van der Waals surface area contributed by atoms with Gasteiger partial charge in [-0.3, -0.25) is 9.59 Å². The van der Waals surface area contributed by atoms with Crippen LogP contribution < -0.4 is 15.0 Å². The van der Waals surface area contributed by atoms with Crippen molar-refractivity contribution in [2.75, 3.05) is 18.6 Å². The summed E-state index contributed by atoms with van der Waals surface area (Å²) in [5, 5.41) is 3.56. The van der Waals surface area contributed by atoms with Gasteiger partial charge in [0.1, 0.15) is 5.75 Å². The molecule has 130 valence electrons. The van der Waals surface area contributed by atoms with E-state index in [2.05, 4.69) is 5.32 Å². The maximum absolute atomic E-state index is 12.2. The number of benzene rings is 2. The van der Waals surface area contributed by atoms with Crippen molar-refractivity contribution < 1.29 is 14.3 Å². The second-order valence-electron chi connectivity index (χ2n) is 5.97. The monoisotopic (exact) mass is 358 g/mol. The maximum atomic E-state index is 12.2. The minimum Gasteiger partial charge on any atom is -0.497 e. The van der Waals surface area contributed by atoms with E-state index in [1.54, 1.807) is 24.1 Å². The van der Waals surface area contributed by atoms with Gasteiger partial charge >= 0.3 is 0 Å². The van der Waals surface area contributed by atoms with E-state index in [4.69, 9.17) is 16.3 Å². The van der Waals surface area contributed by atoms with Crippen LogP contribution >= 0.6 is 11.6 Å². The Hall–Kier alpha value is -2.53. The van der Waals surface area contributed by atoms with Gasteiger partial charge in [-0.1, -0.05) is 23.7 Å². The quantitative estimate of drug-likeness (QED) is 0.894. The molecule has 1 fully saturated rings. The Morgan fingerprint density at radius 2 is 1.88 bits per heavy atom. The molecule has 0 aliphatic carbocycles. The average Bonchev–Trinajstić information content (AvgIpc) is 2.96. The summed E-state index contributed by atoms with van der Waals surface area (Å²) in [4.78, 5) is 26.1. The Labute approximate surface area is 151 Å². The largest absolute Gasteiger partial charge is 0.497 e. The Morgan fingerprint density at radius 3 is 2.52 bits per heavy atom. The molecule has 6 heteroatoms. The van der Waals surface area contributed by atoms with Crippen LogP contribution in [-0.4, -0.2) is 31.5 Å². The zero-order valence-electron chi connectivity index (χ0n) is 13.9. The summed E-state index contributed by atoms with van der Waals surface area (Å²) in [6, 6.07) is 14.3. The molecule has 1 atom stereocenters. The van der Waals surface area contributed by atoms with Crippen LogP contribution in [0.3, 0.4) is 0 Å². The van der Waals surface area contributed by atoms with Gasteiger partial charge in [0.15, 0.2) is 0 Å². The van der Waals surface area contributed by atoms with E-state index in [0.29, 0.717) is 18.0 Å². The number of carbonyl (C=O) groups excluding carboxylic acids is 2. The van der Waals surface area contributed by atoms with Gasteiger partial charge in [0.25, 0.3) is 0 Å². The van der Waals surface area contributed by atoms with E-state index in [1.807, 2.05) is 36.4 Å². The SMILES string of the molecule is COc1ccc(CC(=O)NC2CC(=O)N(c3ccc(Cl)cc3)C2)cc1. The Kier molecular flexibility index (Phi) is 5.24. The highest BCUT2D eigenvalue weighted by Crippen LogP contribution is 2.23. The molecule has 0 bridgehead atoms. The van der Waals surface area contributed by atoms with Gasteiger partial charge in [0.05, 0.1) is 19.6 Å². The normalized spacial score (nSPS) is 16.8. The van der Waals surface area contributed by atoms with E-state index in [1.165, 1.54) is 0 Å². The van der Waals surface area contributed by atoms with E-state index < -0.39 is 0 Å². The molecule has 3 rings (SSSR count). The smallest absolute Gasteiger partial charge is 0.229 e. The lowest BCUT2D eigenvalue weighted by molar-refractivity contribution is -0.121. The van der Waals surface area contributed by atoms with E-state index in [9.17, 15) is 9.59 Å². The summed E-state index contributed by atoms with van der Waals surface area (Å²) in [7, 11) is 1.60. The van der Waals surface area contributed by atoms with Crippen molar-refractivity contribution in [3.63, 3.8) is 0 Å². The van der Waals surface area contributed by atoms with Crippen LogP contribution in [0.15, 0.2) is 48.5 Å². The van der Waals surface area contributed by atoms with Crippen LogP contribution in [0, 0.1) is 0 Å². The summed E-state index contributed by atoms with van der Waals surface area (Å²) in [6.07, 6.45) is 0.576. The number of hydrogen-bond donors (Lipinski definition) is 1. The van der Waals surface area contributed by atoms with Crippen LogP contribution in [0.5, 0.6) is 5.75 Å². The van der Waals surface area contributed by atoms with Crippen molar-refractivity contribution in [3.8, 4) is 5.75 Å². The number of anilines is 1. The number of ether oxygens (including phenoxy) is 1. The third-order valence-corrected chi connectivity index (χ3v) is 4.40. The molecule has 1 aliphatic heterocycles. The molecule has 0 spiro atoms. The summed E-state index contributed by atoms with van der Waals surface area (Å²) >= 11 is 5.88. The predicted molar refractivity (Wildman–Crippen MR) is 97.1 cm³/mol. The van der Waals surface area contributed by atoms with Crippen LogP contribution in [0.2, 0.25) is 5.02 Å². The molecule has 1 saturated heterocycles. The molecule has 1 aliphatic rings. The molecule has 1 unspecified atom stereocenters. The molecule has 1 heterocycles. The standard InChI is InChI=1S/C19H19ClN2O3/c1-25-17-8-2-13(3-9-17)10-18(23)21-15-11-19(24)22(12-15)16-6-4-14(20)5-7-16/h2-9,15H,10-12H2,1H3,(H,21,23). The molecule has 1 N–H and O–H groups in total. The number of hydrogen-bond acceptors (Lipinski definition) is 3. The van der Waals surface area contributed by atoms with Crippen molar-refractivity contribution >= 4 is 29.1 Å². The van der Waals surface area contributed by atoms with Gasteiger partial charge in [0.2, 0.25) is 11.8 Å². The highest BCUT2D eigenvalue weighted by molar-refractivity contribution is 6.30. The third kappa shape index (κ3) is 4.31. The first kappa shape index (κ1) is 17.3. The second kappa shape index (κ2) is 7.57. The number of nitrogens with zero attached hydrogens (tertiary/aromatic N) is 1. The van der Waals surface area contributed by atoms with Crippen LogP contribution in [0.4, 0.5) is 5.69 Å². The Balaban J connectivity index is 1.57. The molecule has 2 aromatic carbocycles. The molecular formula is C19H19ClN2O3. The van der Waals surface area contributed by atoms with Crippen molar-refractivity contribution in [3.05, 3.63) is 59.1 Å². The zero-order chi connectivity index (χ0) is 17.8. The van der Waals surface area contributed by atoms with Gasteiger partial charge in [0, 0.05) is 23.7 Å². The molecule has 2 amide bonds. The van der Waals surface area contributed by atoms with E-state index >= 15 is 0 Å². The van der Waals surface area contributed by atoms with Gasteiger partial charge < -0.3 is 15.0 Å². The van der Waals surface area contributed by atoms with Crippen molar-refractivity contribution in [1.29, 1.82) is 0 Å². The van der Waals surface area contributed by atoms with Gasteiger partial charge in [-0.05, 0) is 42.0 Å². The summed E-state index contributed by atoms with van der Waals surface area (Å²) in [5.74, 6) is 0.655. The van der Waals surface area contributed by atoms with Crippen molar-refractivity contribution in [2.45, 2.75) is 18.9 Å². The summed E-state index contributed by atoms with van der Waals surface area (Å²) in [5.41, 5.74) is 1.69. The molecule has 0 radical (unpaired) electrons. The fourth-order valence-corrected chi connectivity index (χ4v) is 3.01. The van der Waals surface area contributed by atoms with Crippen molar-refractivity contribution in [2.24, 2.45) is 0 Å². The van der Waals surface area contributed by atoms with Crippen LogP contribution in [0.25, 0.3) is 0 Å². The number of halogens is 1. The molecule has 0 aromatic heterocycles. The Morgan fingerprint density at radius 1 is 1.20 bits per heavy atom. The molecule has 0 saturated carbocycles. The van der Waals surface area contributed by atoms with Gasteiger partial charge in [-0.25, -0.2) is 0 Å². The minimum absolute atomic E-state index is 0.00271. The van der Waals surface area contributed by atoms with E-state index in [0.717, 1.165) is 17.0 Å². The maximum Gasteiger partial charge on any atom is 0.229 e. The molecule has 5 nitrogen and oxygen atoms in total. The van der Waals surface area contributed by atoms with Crippen molar-refractivity contribution in [1.82, 2.24) is 5.32 Å². The molecular weight excluding hydrogens is 340 g/mol. The fourth-order valence-electron chi connectivity index (χ4n) is 2.88. The van der Waals surface area contributed by atoms with Crippen LogP contribution in [0.1, 0.15) is 12.0 Å². The summed E-state index contributed by atoms with van der Waals surface area (Å²) in [6.45, 7) is 0.467.